The zero-order valence-electron chi connectivity index (χ0n) is 11.6. The summed E-state index contributed by atoms with van der Waals surface area (Å²) in [7, 11) is -2.47. The van der Waals surface area contributed by atoms with Gasteiger partial charge in [-0.3, -0.25) is 9.78 Å². The first-order chi connectivity index (χ1) is 10.4. The third-order valence-electron chi connectivity index (χ3n) is 2.78. The normalized spacial score (nSPS) is 11.0. The molecule has 0 aliphatic carbocycles. The molecule has 0 atom stereocenters. The van der Waals surface area contributed by atoms with E-state index in [4.69, 9.17) is 4.74 Å². The minimum atomic E-state index is -3.95. The van der Waals surface area contributed by atoms with Crippen LogP contribution < -0.4 is 9.46 Å². The Bertz CT molecular complexity index is 793. The van der Waals surface area contributed by atoms with Gasteiger partial charge in [-0.15, -0.1) is 0 Å². The van der Waals surface area contributed by atoms with Crippen molar-refractivity contribution in [3.8, 4) is 5.75 Å². The van der Waals surface area contributed by atoms with Gasteiger partial charge in [0.25, 0.3) is 10.0 Å². The third kappa shape index (κ3) is 4.05. The maximum absolute atomic E-state index is 12.1. The van der Waals surface area contributed by atoms with Crippen molar-refractivity contribution in [1.29, 1.82) is 0 Å². The highest BCUT2D eigenvalue weighted by Crippen LogP contribution is 2.18. The van der Waals surface area contributed by atoms with Gasteiger partial charge in [0, 0.05) is 22.4 Å². The molecule has 1 aromatic carbocycles. The zero-order valence-corrected chi connectivity index (χ0v) is 14.0. The Labute approximate surface area is 136 Å². The number of amides is 1. The van der Waals surface area contributed by atoms with Crippen LogP contribution in [0.2, 0.25) is 0 Å². The number of hydrogen-bond acceptors (Lipinski definition) is 5. The van der Waals surface area contributed by atoms with Gasteiger partial charge in [0.1, 0.15) is 10.6 Å². The van der Waals surface area contributed by atoms with Gasteiger partial charge in [-0.1, -0.05) is 18.2 Å². The van der Waals surface area contributed by atoms with E-state index in [-0.39, 0.29) is 11.3 Å². The first-order valence-corrected chi connectivity index (χ1v) is 8.48. The number of benzene rings is 1. The number of carbonyl (C=O) groups excluding carboxylic acids is 1. The summed E-state index contributed by atoms with van der Waals surface area (Å²) in [6.45, 7) is 0. The standard InChI is InChI=1S/C14H13BrN2O4S/c1-21-13-5-3-2-4-10(13)6-14(18)17-22(19,20)12-7-11(15)8-16-9-12/h2-5,7-9H,6H2,1H3,(H,17,18). The van der Waals surface area contributed by atoms with Crippen LogP contribution in [0.25, 0.3) is 0 Å². The van der Waals surface area contributed by atoms with Gasteiger partial charge >= 0.3 is 0 Å². The van der Waals surface area contributed by atoms with Crippen molar-refractivity contribution >= 4 is 31.9 Å². The van der Waals surface area contributed by atoms with E-state index in [2.05, 4.69) is 20.9 Å². The average molecular weight is 385 g/mol. The predicted octanol–water partition coefficient (Wildman–Crippen LogP) is 1.90. The van der Waals surface area contributed by atoms with Crippen molar-refractivity contribution in [3.63, 3.8) is 0 Å². The van der Waals surface area contributed by atoms with Crippen molar-refractivity contribution < 1.29 is 17.9 Å². The van der Waals surface area contributed by atoms with Gasteiger partial charge in [0.2, 0.25) is 5.91 Å². The van der Waals surface area contributed by atoms with Gasteiger partial charge in [0.05, 0.1) is 13.5 Å². The van der Waals surface area contributed by atoms with E-state index < -0.39 is 15.9 Å². The summed E-state index contributed by atoms with van der Waals surface area (Å²) in [5, 5.41) is 0. The second-order valence-electron chi connectivity index (χ2n) is 4.36. The first kappa shape index (κ1) is 16.4. The minimum absolute atomic E-state index is 0.0877. The molecule has 116 valence electrons. The topological polar surface area (TPSA) is 85.4 Å². The molecule has 1 amide bonds. The number of aromatic nitrogens is 1. The third-order valence-corrected chi connectivity index (χ3v) is 4.56. The average Bonchev–Trinajstić information content (AvgIpc) is 2.47. The van der Waals surface area contributed by atoms with Crippen molar-refractivity contribution in [2.75, 3.05) is 7.11 Å². The maximum atomic E-state index is 12.1. The fraction of sp³-hybridized carbons (Fsp3) is 0.143. The fourth-order valence-corrected chi connectivity index (χ4v) is 3.29. The molecule has 0 saturated carbocycles. The van der Waals surface area contributed by atoms with Gasteiger partial charge in [-0.05, 0) is 28.1 Å². The van der Waals surface area contributed by atoms with Crippen molar-refractivity contribution in [3.05, 3.63) is 52.8 Å². The molecule has 0 radical (unpaired) electrons. The molecule has 22 heavy (non-hydrogen) atoms. The van der Waals surface area contributed by atoms with E-state index in [1.54, 1.807) is 24.3 Å². The van der Waals surface area contributed by atoms with Crippen molar-refractivity contribution in [2.24, 2.45) is 0 Å². The number of rotatable bonds is 5. The second-order valence-corrected chi connectivity index (χ2v) is 6.95. The van der Waals surface area contributed by atoms with E-state index in [1.807, 2.05) is 4.72 Å². The molecular formula is C14H13BrN2O4S. The highest BCUT2D eigenvalue weighted by molar-refractivity contribution is 9.10. The smallest absolute Gasteiger partial charge is 0.265 e. The zero-order chi connectivity index (χ0) is 16.2. The predicted molar refractivity (Wildman–Crippen MR) is 84.0 cm³/mol. The van der Waals surface area contributed by atoms with E-state index in [0.717, 1.165) is 0 Å². The lowest BCUT2D eigenvalue weighted by Gasteiger charge is -2.09. The Kier molecular flexibility index (Phi) is 5.15. The van der Waals surface area contributed by atoms with E-state index >= 15 is 0 Å². The number of halogens is 1. The summed E-state index contributed by atoms with van der Waals surface area (Å²) in [5.41, 5.74) is 0.602. The first-order valence-electron chi connectivity index (χ1n) is 6.20. The number of methoxy groups -OCH3 is 1. The number of ether oxygens (including phenoxy) is 1. The van der Waals surface area contributed by atoms with Crippen LogP contribution in [0.5, 0.6) is 5.75 Å². The van der Waals surface area contributed by atoms with Crippen molar-refractivity contribution in [1.82, 2.24) is 9.71 Å². The van der Waals surface area contributed by atoms with E-state index in [1.165, 1.54) is 25.6 Å². The molecule has 0 bridgehead atoms. The Morgan fingerprint density at radius 3 is 2.73 bits per heavy atom. The Balaban J connectivity index is 2.15. The van der Waals surface area contributed by atoms with Gasteiger partial charge in [-0.2, -0.15) is 0 Å². The molecule has 0 aliphatic heterocycles. The maximum Gasteiger partial charge on any atom is 0.265 e. The molecule has 2 rings (SSSR count). The molecule has 0 fully saturated rings. The highest BCUT2D eigenvalue weighted by Gasteiger charge is 2.19. The number of sulfonamides is 1. The largest absolute Gasteiger partial charge is 0.496 e. The number of nitrogens with one attached hydrogen (secondary N) is 1. The summed E-state index contributed by atoms with van der Waals surface area (Å²) in [6, 6.07) is 8.29. The van der Waals surface area contributed by atoms with Gasteiger partial charge in [-0.25, -0.2) is 13.1 Å². The summed E-state index contributed by atoms with van der Waals surface area (Å²) in [4.78, 5) is 15.7. The minimum Gasteiger partial charge on any atom is -0.496 e. The lowest BCUT2D eigenvalue weighted by molar-refractivity contribution is -0.118. The Morgan fingerprint density at radius 1 is 1.32 bits per heavy atom. The van der Waals surface area contributed by atoms with Crippen LogP contribution in [-0.4, -0.2) is 26.4 Å². The van der Waals surface area contributed by atoms with E-state index in [0.29, 0.717) is 15.8 Å². The molecule has 1 N–H and O–H groups in total. The molecule has 0 spiro atoms. The number of hydrogen-bond donors (Lipinski definition) is 1. The van der Waals surface area contributed by atoms with Crippen LogP contribution in [0.1, 0.15) is 5.56 Å². The van der Waals surface area contributed by atoms with Crippen LogP contribution in [0.15, 0.2) is 52.1 Å². The molecule has 0 aliphatic rings. The summed E-state index contributed by atoms with van der Waals surface area (Å²) in [5.74, 6) is -0.122. The number of para-hydroxylation sites is 1. The Hall–Kier alpha value is -1.93. The fourth-order valence-electron chi connectivity index (χ4n) is 1.81. The van der Waals surface area contributed by atoms with Crippen LogP contribution in [-0.2, 0) is 21.2 Å². The monoisotopic (exact) mass is 384 g/mol. The van der Waals surface area contributed by atoms with Gasteiger partial charge in [0.15, 0.2) is 0 Å². The summed E-state index contributed by atoms with van der Waals surface area (Å²) in [6.07, 6.45) is 2.52. The molecular weight excluding hydrogens is 372 g/mol. The van der Waals surface area contributed by atoms with Crippen molar-refractivity contribution in [2.45, 2.75) is 11.3 Å². The van der Waals surface area contributed by atoms with E-state index in [9.17, 15) is 13.2 Å². The lowest BCUT2D eigenvalue weighted by Crippen LogP contribution is -2.32. The molecule has 0 unspecified atom stereocenters. The number of carbonyl (C=O) groups is 1. The summed E-state index contributed by atoms with van der Waals surface area (Å²) < 4.78 is 31.9. The van der Waals surface area contributed by atoms with Crippen LogP contribution in [0.3, 0.4) is 0 Å². The number of pyridine rings is 1. The molecule has 0 saturated heterocycles. The SMILES string of the molecule is COc1ccccc1CC(=O)NS(=O)(=O)c1cncc(Br)c1. The molecule has 1 aromatic heterocycles. The lowest BCUT2D eigenvalue weighted by atomic mass is 10.1. The highest BCUT2D eigenvalue weighted by atomic mass is 79.9. The molecule has 1 heterocycles. The number of nitrogens with zero attached hydrogens (tertiary/aromatic N) is 1. The van der Waals surface area contributed by atoms with Crippen LogP contribution >= 0.6 is 15.9 Å². The molecule has 6 nitrogen and oxygen atoms in total. The summed E-state index contributed by atoms with van der Waals surface area (Å²) >= 11 is 3.14. The molecule has 8 heteroatoms. The van der Waals surface area contributed by atoms with Crippen LogP contribution in [0, 0.1) is 0 Å². The van der Waals surface area contributed by atoms with Crippen LogP contribution in [0.4, 0.5) is 0 Å². The quantitative estimate of drug-likeness (QED) is 0.850. The molecule has 2 aromatic rings. The van der Waals surface area contributed by atoms with Gasteiger partial charge < -0.3 is 4.74 Å². The second kappa shape index (κ2) is 6.89. The Morgan fingerprint density at radius 2 is 2.05 bits per heavy atom.